The summed E-state index contributed by atoms with van der Waals surface area (Å²) in [7, 11) is 1.66. The van der Waals surface area contributed by atoms with E-state index in [1.807, 2.05) is 45.7 Å². The van der Waals surface area contributed by atoms with Crippen molar-refractivity contribution in [1.82, 2.24) is 24.1 Å². The van der Waals surface area contributed by atoms with Gasteiger partial charge in [-0.2, -0.15) is 0 Å². The van der Waals surface area contributed by atoms with E-state index < -0.39 is 0 Å². The molecule has 0 radical (unpaired) electrons. The normalized spacial score (nSPS) is 14.2. The lowest BCUT2D eigenvalue weighted by Gasteiger charge is -2.36. The van der Waals surface area contributed by atoms with Gasteiger partial charge in [-0.15, -0.1) is 10.2 Å². The number of methoxy groups -OCH3 is 1. The molecule has 9 nitrogen and oxygen atoms in total. The van der Waals surface area contributed by atoms with Gasteiger partial charge in [0, 0.05) is 51.3 Å². The van der Waals surface area contributed by atoms with E-state index in [-0.39, 0.29) is 17.4 Å². The number of amides is 1. The predicted molar refractivity (Wildman–Crippen MR) is 140 cm³/mol. The van der Waals surface area contributed by atoms with Gasteiger partial charge < -0.3 is 14.5 Å². The third-order valence-corrected chi connectivity index (χ3v) is 6.76. The average molecular weight is 489 g/mol. The van der Waals surface area contributed by atoms with Crippen molar-refractivity contribution in [3.8, 4) is 5.75 Å². The molecule has 1 saturated heterocycles. The van der Waals surface area contributed by atoms with Crippen molar-refractivity contribution in [1.29, 1.82) is 0 Å². The van der Waals surface area contributed by atoms with Crippen molar-refractivity contribution >= 4 is 28.3 Å². The second kappa shape index (κ2) is 10.0. The smallest absolute Gasteiger partial charge is 0.262 e. The number of aryl methyl sites for hydroxylation is 1. The molecule has 4 aromatic rings. The van der Waals surface area contributed by atoms with E-state index in [4.69, 9.17) is 4.74 Å². The third-order valence-electron chi connectivity index (χ3n) is 6.76. The number of carbonyl (C=O) groups excluding carboxylic acids is 1. The van der Waals surface area contributed by atoms with Crippen LogP contribution >= 0.6 is 0 Å². The number of rotatable bonds is 7. The summed E-state index contributed by atoms with van der Waals surface area (Å²) < 4.78 is 8.88. The van der Waals surface area contributed by atoms with Crippen molar-refractivity contribution in [3.05, 3.63) is 64.7 Å². The number of hydrogen-bond donors (Lipinski definition) is 0. The molecule has 36 heavy (non-hydrogen) atoms. The average Bonchev–Trinajstić information content (AvgIpc) is 3.34. The summed E-state index contributed by atoms with van der Waals surface area (Å²) in [6.07, 6.45) is 0.809. The highest BCUT2D eigenvalue weighted by molar-refractivity contribution is 5.80. The molecule has 0 atom stereocenters. The van der Waals surface area contributed by atoms with Gasteiger partial charge in [-0.05, 0) is 42.3 Å². The van der Waals surface area contributed by atoms with Crippen LogP contribution in [-0.4, -0.2) is 63.3 Å². The van der Waals surface area contributed by atoms with Gasteiger partial charge in [-0.1, -0.05) is 26.0 Å². The molecule has 2 aromatic carbocycles. The fourth-order valence-corrected chi connectivity index (χ4v) is 4.89. The summed E-state index contributed by atoms with van der Waals surface area (Å²) in [5.74, 6) is 2.46. The number of anilines is 1. The van der Waals surface area contributed by atoms with Crippen LogP contribution in [0.5, 0.6) is 5.75 Å². The first-order valence-corrected chi connectivity index (χ1v) is 12.5. The number of aromatic nitrogens is 4. The molecule has 1 aliphatic heterocycles. The molecule has 0 saturated carbocycles. The van der Waals surface area contributed by atoms with Gasteiger partial charge in [-0.25, -0.2) is 0 Å². The minimum absolute atomic E-state index is 0.0587. The molecule has 188 valence electrons. The van der Waals surface area contributed by atoms with E-state index in [1.165, 1.54) is 0 Å². The molecule has 3 heterocycles. The van der Waals surface area contributed by atoms with Crippen LogP contribution in [0, 0.1) is 5.92 Å². The largest absolute Gasteiger partial charge is 0.497 e. The van der Waals surface area contributed by atoms with E-state index >= 15 is 0 Å². The number of carbonyl (C=O) groups is 1. The maximum atomic E-state index is 13.1. The second-order valence-electron chi connectivity index (χ2n) is 9.64. The first kappa shape index (κ1) is 23.8. The highest BCUT2D eigenvalue weighted by Crippen LogP contribution is 2.21. The van der Waals surface area contributed by atoms with Crippen molar-refractivity contribution in [3.63, 3.8) is 0 Å². The predicted octanol–water partition coefficient (Wildman–Crippen LogP) is 2.99. The maximum absolute atomic E-state index is 13.1. The van der Waals surface area contributed by atoms with Gasteiger partial charge in [0.05, 0.1) is 18.0 Å². The van der Waals surface area contributed by atoms with Crippen LogP contribution in [0.15, 0.2) is 53.3 Å². The van der Waals surface area contributed by atoms with Crippen molar-refractivity contribution < 1.29 is 9.53 Å². The summed E-state index contributed by atoms with van der Waals surface area (Å²) in [5, 5.41) is 9.40. The first-order valence-electron chi connectivity index (χ1n) is 12.5. The maximum Gasteiger partial charge on any atom is 0.262 e. The van der Waals surface area contributed by atoms with E-state index in [0.29, 0.717) is 49.5 Å². The number of benzene rings is 2. The molecule has 1 fully saturated rings. The lowest BCUT2D eigenvalue weighted by Crippen LogP contribution is -2.48. The van der Waals surface area contributed by atoms with Crippen LogP contribution in [0.2, 0.25) is 0 Å². The Labute approximate surface area is 209 Å². The lowest BCUT2D eigenvalue weighted by molar-refractivity contribution is -0.131. The Balaban J connectivity index is 1.30. The Morgan fingerprint density at radius 2 is 1.72 bits per heavy atom. The Morgan fingerprint density at radius 1 is 1.00 bits per heavy atom. The monoisotopic (exact) mass is 488 g/mol. The zero-order valence-electron chi connectivity index (χ0n) is 21.1. The van der Waals surface area contributed by atoms with Crippen LogP contribution in [0.1, 0.15) is 26.1 Å². The Morgan fingerprint density at radius 3 is 2.42 bits per heavy atom. The van der Waals surface area contributed by atoms with Gasteiger partial charge >= 0.3 is 0 Å². The number of piperazine rings is 1. The molecule has 9 heteroatoms. The summed E-state index contributed by atoms with van der Waals surface area (Å²) in [4.78, 5) is 30.4. The number of ether oxygens (including phenoxy) is 1. The molecule has 0 aliphatic carbocycles. The van der Waals surface area contributed by atoms with Crippen molar-refractivity contribution in [2.24, 2.45) is 5.92 Å². The van der Waals surface area contributed by atoms with E-state index in [9.17, 15) is 9.59 Å². The van der Waals surface area contributed by atoms with Crippen molar-refractivity contribution in [2.75, 3.05) is 38.2 Å². The van der Waals surface area contributed by atoms with Crippen LogP contribution in [0.25, 0.3) is 16.7 Å². The van der Waals surface area contributed by atoms with E-state index in [0.717, 1.165) is 30.0 Å². The van der Waals surface area contributed by atoms with Gasteiger partial charge in [-0.3, -0.25) is 18.6 Å². The Bertz CT molecular complexity index is 1430. The number of fused-ring (bicyclic) bond motifs is 3. The van der Waals surface area contributed by atoms with Crippen LogP contribution < -0.4 is 15.2 Å². The quantitative estimate of drug-likeness (QED) is 0.398. The number of nitrogens with zero attached hydrogens (tertiary/aromatic N) is 6. The number of hydrogen-bond acceptors (Lipinski definition) is 6. The molecule has 5 rings (SSSR count). The molecule has 0 bridgehead atoms. The summed E-state index contributed by atoms with van der Waals surface area (Å²) in [5.41, 5.74) is 1.85. The van der Waals surface area contributed by atoms with Crippen molar-refractivity contribution in [2.45, 2.75) is 33.2 Å². The zero-order valence-corrected chi connectivity index (χ0v) is 21.1. The summed E-state index contributed by atoms with van der Waals surface area (Å²) in [6, 6.07) is 15.5. The summed E-state index contributed by atoms with van der Waals surface area (Å²) >= 11 is 0. The van der Waals surface area contributed by atoms with E-state index in [2.05, 4.69) is 41.1 Å². The zero-order chi connectivity index (χ0) is 25.2. The van der Waals surface area contributed by atoms with Crippen LogP contribution in [-0.2, 0) is 17.8 Å². The fourth-order valence-electron chi connectivity index (χ4n) is 4.89. The standard InChI is InChI=1S/C27H32N6O3/c1-19(2)18-32-26(35)22-6-4-5-7-23(22)33-24(28-29-27(32)33)12-13-25(34)31-16-14-30(15-17-31)20-8-10-21(36-3)11-9-20/h4-11,19H,12-18H2,1-3H3. The van der Waals surface area contributed by atoms with Gasteiger partial charge in [0.25, 0.3) is 5.56 Å². The topological polar surface area (TPSA) is 85.0 Å². The number of para-hydroxylation sites is 1. The lowest BCUT2D eigenvalue weighted by atomic mass is 10.2. The third kappa shape index (κ3) is 4.53. The van der Waals surface area contributed by atoms with Gasteiger partial charge in [0.2, 0.25) is 11.7 Å². The summed E-state index contributed by atoms with van der Waals surface area (Å²) in [6.45, 7) is 7.65. The molecule has 0 unspecified atom stereocenters. The highest BCUT2D eigenvalue weighted by atomic mass is 16.5. The first-order chi connectivity index (χ1) is 17.5. The molecule has 1 aliphatic rings. The second-order valence-corrected chi connectivity index (χ2v) is 9.64. The van der Waals surface area contributed by atoms with Crippen LogP contribution in [0.4, 0.5) is 5.69 Å². The van der Waals surface area contributed by atoms with Crippen LogP contribution in [0.3, 0.4) is 0 Å². The highest BCUT2D eigenvalue weighted by Gasteiger charge is 2.23. The molecular formula is C27H32N6O3. The molecule has 1 amide bonds. The molecule has 2 aromatic heterocycles. The Hall–Kier alpha value is -3.88. The Kier molecular flexibility index (Phi) is 6.63. The molecule has 0 spiro atoms. The minimum atomic E-state index is -0.0587. The SMILES string of the molecule is COc1ccc(N2CCN(C(=O)CCc3nnc4n(CC(C)C)c(=O)c5ccccc5n34)CC2)cc1. The van der Waals surface area contributed by atoms with Gasteiger partial charge in [0.15, 0.2) is 0 Å². The minimum Gasteiger partial charge on any atom is -0.497 e. The van der Waals surface area contributed by atoms with E-state index in [1.54, 1.807) is 11.7 Å². The fraction of sp³-hybridized carbons (Fsp3) is 0.407. The molecule has 0 N–H and O–H groups in total. The van der Waals surface area contributed by atoms with Gasteiger partial charge in [0.1, 0.15) is 11.6 Å². The molecular weight excluding hydrogens is 456 g/mol.